The van der Waals surface area contributed by atoms with Crippen LogP contribution in [0.3, 0.4) is 0 Å². The molecule has 0 aliphatic heterocycles. The number of benzene rings is 6. The van der Waals surface area contributed by atoms with Crippen LogP contribution in [-0.4, -0.2) is 46.5 Å². The molecule has 2 aromatic heterocycles. The second-order valence-electron chi connectivity index (χ2n) is 13.2. The van der Waals surface area contributed by atoms with Gasteiger partial charge in [0.2, 0.25) is 22.1 Å². The van der Waals surface area contributed by atoms with Crippen LogP contribution in [-0.2, 0) is 13.1 Å². The molecule has 0 atom stereocenters. The molecule has 8 aromatic rings. The fourth-order valence-corrected chi connectivity index (χ4v) is 7.29. The molecule has 8 rings (SSSR count). The fourth-order valence-electron chi connectivity index (χ4n) is 7.29. The van der Waals surface area contributed by atoms with Gasteiger partial charge in [-0.05, 0) is 60.7 Å². The molecule has 0 saturated carbocycles. The van der Waals surface area contributed by atoms with E-state index in [-0.39, 0.29) is 11.1 Å². The van der Waals surface area contributed by atoms with Crippen LogP contribution < -0.4 is 18.6 Å². The largest absolute Gasteiger partial charge is 0.497 e. The number of para-hydroxylation sites is 2. The summed E-state index contributed by atoms with van der Waals surface area (Å²) in [6, 6.07) is 43.2. The molecule has 0 saturated heterocycles. The summed E-state index contributed by atoms with van der Waals surface area (Å²) in [6.45, 7) is 1.02. The Morgan fingerprint density at radius 1 is 0.500 bits per heavy atom. The molecule has 0 unspecified atom stereocenters. The number of carboxylic acids is 2. The van der Waals surface area contributed by atoms with E-state index in [1.54, 1.807) is 38.5 Å². The number of methoxy groups -OCH3 is 2. The maximum absolute atomic E-state index is 11.6. The molecule has 16 heteroatoms. The molecule has 0 fully saturated rings. The van der Waals surface area contributed by atoms with Crippen LogP contribution >= 0.6 is 0 Å². The number of hydrogen-bond donors (Lipinski definition) is 2. The van der Waals surface area contributed by atoms with E-state index in [0.717, 1.165) is 77.4 Å². The smallest absolute Gasteiger partial charge is 0.335 e. The number of pyridine rings is 2. The number of nitrogens with zero attached hydrogens (tertiary/aromatic N) is 4. The van der Waals surface area contributed by atoms with Crippen molar-refractivity contribution in [1.29, 1.82) is 0 Å². The first-order valence-electron chi connectivity index (χ1n) is 17.9. The predicted octanol–water partition coefficient (Wildman–Crippen LogP) is 7.57. The van der Waals surface area contributed by atoms with E-state index in [4.69, 9.17) is 40.1 Å². The van der Waals surface area contributed by atoms with E-state index >= 15 is 0 Å². The molecule has 16 nitrogen and oxygen atoms in total. The number of aromatic nitrogens is 2. The summed E-state index contributed by atoms with van der Waals surface area (Å²) in [4.78, 5) is 39.7. The van der Waals surface area contributed by atoms with Crippen molar-refractivity contribution in [3.63, 3.8) is 0 Å². The molecule has 0 bridgehead atoms. The Kier molecular flexibility index (Phi) is 12.2. The molecule has 2 N–H and O–H groups in total. The second-order valence-corrected chi connectivity index (χ2v) is 13.2. The highest BCUT2D eigenvalue weighted by Crippen LogP contribution is 2.42. The van der Waals surface area contributed by atoms with Gasteiger partial charge in [-0.1, -0.05) is 48.5 Å². The van der Waals surface area contributed by atoms with E-state index < -0.39 is 22.1 Å². The quantitative estimate of drug-likeness (QED) is 0.0622. The summed E-state index contributed by atoms with van der Waals surface area (Å²) in [5.41, 5.74) is 8.55. The molecular formula is C44H34N4O12. The minimum absolute atomic E-state index is 0.245. The lowest BCUT2D eigenvalue weighted by atomic mass is 9.89. The zero-order valence-corrected chi connectivity index (χ0v) is 31.9. The molecule has 0 amide bonds. The van der Waals surface area contributed by atoms with Gasteiger partial charge in [0.1, 0.15) is 11.5 Å². The van der Waals surface area contributed by atoms with Gasteiger partial charge in [-0.25, -0.2) is 9.59 Å². The third-order valence-corrected chi connectivity index (χ3v) is 9.79. The van der Waals surface area contributed by atoms with Crippen LogP contribution in [0.5, 0.6) is 11.5 Å². The lowest BCUT2D eigenvalue weighted by molar-refractivity contribution is -0.636. The highest BCUT2D eigenvalue weighted by atomic mass is 16.9. The maximum atomic E-state index is 11.6. The molecule has 60 heavy (non-hydrogen) atoms. The number of carbonyl (C=O) groups is 2. The molecule has 0 aliphatic carbocycles. The van der Waals surface area contributed by atoms with Gasteiger partial charge in [-0.3, -0.25) is 0 Å². The van der Waals surface area contributed by atoms with E-state index in [2.05, 4.69) is 69.8 Å². The first-order chi connectivity index (χ1) is 28.8. The zero-order chi connectivity index (χ0) is 43.1. The molecular weight excluding hydrogens is 777 g/mol. The lowest BCUT2D eigenvalue weighted by Crippen LogP contribution is -2.37. The SMILES string of the molecule is COc1ccc2c(-c3c4ccccc4[n+](Cc4ccc(C(=O)O)cc4)c4cc(OC)ccc34)c3ccccc3[n+](Cc3ccc(C(=O)O)cc3)c2c1.O=[N+]([O-])[O-].O=[N+]([O-])[O-]. The highest BCUT2D eigenvalue weighted by Gasteiger charge is 2.28. The molecule has 0 spiro atoms. The van der Waals surface area contributed by atoms with Crippen molar-refractivity contribution in [1.82, 2.24) is 0 Å². The van der Waals surface area contributed by atoms with Crippen LogP contribution in [0.15, 0.2) is 133 Å². The van der Waals surface area contributed by atoms with Crippen molar-refractivity contribution in [2.24, 2.45) is 0 Å². The van der Waals surface area contributed by atoms with Gasteiger partial charge in [0.15, 0.2) is 13.1 Å². The Bertz CT molecular complexity index is 2730. The number of aromatic carboxylic acids is 2. The fraction of sp³-hybridized carbons (Fsp3) is 0.0909. The monoisotopic (exact) mass is 810 g/mol. The Morgan fingerprint density at radius 2 is 0.817 bits per heavy atom. The van der Waals surface area contributed by atoms with Gasteiger partial charge in [0.05, 0.1) is 69.2 Å². The van der Waals surface area contributed by atoms with Crippen LogP contribution in [0.25, 0.3) is 54.7 Å². The summed E-state index contributed by atoms with van der Waals surface area (Å²) in [5.74, 6) is -0.464. The summed E-state index contributed by atoms with van der Waals surface area (Å²) in [7, 11) is 3.33. The van der Waals surface area contributed by atoms with Crippen molar-refractivity contribution in [3.8, 4) is 22.6 Å². The van der Waals surface area contributed by atoms with Crippen molar-refractivity contribution in [2.75, 3.05) is 14.2 Å². The summed E-state index contributed by atoms with van der Waals surface area (Å²) in [5, 5.41) is 52.7. The van der Waals surface area contributed by atoms with Crippen molar-refractivity contribution >= 4 is 55.6 Å². The summed E-state index contributed by atoms with van der Waals surface area (Å²) < 4.78 is 16.1. The Hall–Kier alpha value is -8.40. The van der Waals surface area contributed by atoms with Gasteiger partial charge in [0, 0.05) is 34.4 Å². The number of carboxylic acid groups (broad SMARTS) is 2. The molecule has 0 radical (unpaired) electrons. The van der Waals surface area contributed by atoms with Crippen molar-refractivity contribution in [2.45, 2.75) is 13.1 Å². The van der Waals surface area contributed by atoms with E-state index in [1.807, 2.05) is 48.5 Å². The molecule has 2 heterocycles. The van der Waals surface area contributed by atoms with E-state index in [0.29, 0.717) is 13.1 Å². The number of ether oxygens (including phenoxy) is 2. The van der Waals surface area contributed by atoms with Gasteiger partial charge in [0.25, 0.3) is 0 Å². The maximum Gasteiger partial charge on any atom is 0.335 e. The van der Waals surface area contributed by atoms with Crippen molar-refractivity contribution in [3.05, 3.63) is 186 Å². The Morgan fingerprint density at radius 3 is 1.13 bits per heavy atom. The number of rotatable bonds is 9. The predicted molar refractivity (Wildman–Crippen MR) is 221 cm³/mol. The number of hydrogen-bond acceptors (Lipinski definition) is 10. The third kappa shape index (κ3) is 8.77. The number of fused-ring (bicyclic) bond motifs is 4. The zero-order valence-electron chi connectivity index (χ0n) is 31.9. The van der Waals surface area contributed by atoms with Crippen LogP contribution in [0, 0.1) is 30.6 Å². The topological polar surface area (TPSA) is 233 Å². The normalized spacial score (nSPS) is 10.6. The first-order valence-corrected chi connectivity index (χ1v) is 17.9. The van der Waals surface area contributed by atoms with Gasteiger partial charge in [-0.15, -0.1) is 0 Å². The van der Waals surface area contributed by atoms with Gasteiger partial charge < -0.3 is 50.3 Å². The standard InChI is InChI=1S/C44H32N2O6.2NO3/c1-51-31-19-21-35-39(23-31)45(25-27-11-15-29(16-12-27)43(47)48)37-9-5-3-7-33(37)41(35)42-34-8-4-6-10-38(34)46(40-24-32(52-2)20-22-36(40)42)26-28-13-17-30(18-14-28)44(49)50;2*2-1(3)4/h3-24H,25-26H2,1-2H3;;/q;2*-1/p+2. The van der Waals surface area contributed by atoms with Gasteiger partial charge >= 0.3 is 11.9 Å². The molecule has 6 aromatic carbocycles. The van der Waals surface area contributed by atoms with Crippen molar-refractivity contribution < 1.29 is 48.6 Å². The van der Waals surface area contributed by atoms with E-state index in [1.165, 1.54) is 0 Å². The second kappa shape index (κ2) is 17.8. The average molecular weight is 811 g/mol. The Balaban J connectivity index is 0.000000695. The Labute approximate surface area is 339 Å². The molecule has 302 valence electrons. The summed E-state index contributed by atoms with van der Waals surface area (Å²) >= 11 is 0. The lowest BCUT2D eigenvalue weighted by Gasteiger charge is -2.17. The highest BCUT2D eigenvalue weighted by molar-refractivity contribution is 6.19. The molecule has 0 aliphatic rings. The first kappa shape index (κ1) is 41.2. The minimum Gasteiger partial charge on any atom is -0.497 e. The van der Waals surface area contributed by atoms with Gasteiger partial charge in [-0.2, -0.15) is 9.13 Å². The minimum atomic E-state index is -1.75. The van der Waals surface area contributed by atoms with Crippen LogP contribution in [0.4, 0.5) is 0 Å². The van der Waals surface area contributed by atoms with Crippen LogP contribution in [0.2, 0.25) is 0 Å². The third-order valence-electron chi connectivity index (χ3n) is 9.79. The average Bonchev–Trinajstić information content (AvgIpc) is 3.23. The summed E-state index contributed by atoms with van der Waals surface area (Å²) in [6.07, 6.45) is 0. The van der Waals surface area contributed by atoms with Crippen LogP contribution in [0.1, 0.15) is 31.8 Å². The van der Waals surface area contributed by atoms with E-state index in [9.17, 15) is 19.8 Å².